The van der Waals surface area contributed by atoms with Crippen LogP contribution in [0.1, 0.15) is 56.6 Å². The maximum atomic E-state index is 14.1. The Balaban J connectivity index is 2.31. The number of sulfone groups is 1. The molecule has 2 aromatic rings. The van der Waals surface area contributed by atoms with E-state index in [1.54, 1.807) is 30.3 Å². The first-order chi connectivity index (χ1) is 13.8. The number of hydrogen-bond donors (Lipinski definition) is 1. The van der Waals surface area contributed by atoms with Gasteiger partial charge in [0.1, 0.15) is 11.6 Å². The maximum absolute atomic E-state index is 14.1. The minimum absolute atomic E-state index is 0.122. The molecule has 1 unspecified atom stereocenters. The lowest BCUT2D eigenvalue weighted by molar-refractivity contribution is 0.0173. The first-order valence-corrected chi connectivity index (χ1v) is 11.8. The fourth-order valence-corrected chi connectivity index (χ4v) is 6.80. The molecule has 0 fully saturated rings. The minimum Gasteiger partial charge on any atom is -0.497 e. The van der Waals surface area contributed by atoms with Crippen LogP contribution in [0.5, 0.6) is 5.75 Å². The van der Waals surface area contributed by atoms with Gasteiger partial charge in [-0.05, 0) is 54.3 Å². The number of methoxy groups -OCH3 is 1. The molecular weight excluding hydrogens is 391 g/mol. The summed E-state index contributed by atoms with van der Waals surface area (Å²) in [5, 5.41) is 11.6. The van der Waals surface area contributed by atoms with Gasteiger partial charge in [-0.3, -0.25) is 0 Å². The van der Waals surface area contributed by atoms with Crippen LogP contribution in [-0.2, 0) is 9.84 Å². The van der Waals surface area contributed by atoms with E-state index in [1.165, 1.54) is 19.2 Å². The number of benzene rings is 2. The molecule has 0 bridgehead atoms. The van der Waals surface area contributed by atoms with Gasteiger partial charge in [-0.1, -0.05) is 38.8 Å². The average molecular weight is 421 g/mol. The van der Waals surface area contributed by atoms with Crippen molar-refractivity contribution in [3.05, 3.63) is 59.4 Å². The van der Waals surface area contributed by atoms with Crippen LogP contribution in [-0.4, -0.2) is 32.5 Å². The lowest BCUT2D eigenvalue weighted by atomic mass is 9.69. The predicted octanol–water partition coefficient (Wildman–Crippen LogP) is 4.70. The zero-order valence-electron chi connectivity index (χ0n) is 17.2. The highest BCUT2D eigenvalue weighted by Crippen LogP contribution is 2.49. The SMILES string of the molecule is CCCC[C@]1(CC)CS(=O)(=O)c2ccc(OC)cc2[C@H](c2cccc(F)c2)C1O. The van der Waals surface area contributed by atoms with Crippen molar-refractivity contribution in [3.63, 3.8) is 0 Å². The van der Waals surface area contributed by atoms with Crippen molar-refractivity contribution in [2.75, 3.05) is 12.9 Å². The molecule has 0 saturated carbocycles. The van der Waals surface area contributed by atoms with Crippen LogP contribution in [0, 0.1) is 11.2 Å². The molecule has 0 aliphatic carbocycles. The third-order valence-corrected chi connectivity index (χ3v) is 8.24. The van der Waals surface area contributed by atoms with Crippen molar-refractivity contribution < 1.29 is 22.7 Å². The van der Waals surface area contributed by atoms with Crippen molar-refractivity contribution in [1.82, 2.24) is 0 Å². The molecule has 6 heteroatoms. The highest BCUT2D eigenvalue weighted by molar-refractivity contribution is 7.91. The van der Waals surface area contributed by atoms with E-state index in [1.807, 2.05) is 13.8 Å². The molecule has 158 valence electrons. The molecule has 4 nitrogen and oxygen atoms in total. The zero-order chi connectivity index (χ0) is 21.2. The molecule has 0 spiro atoms. The monoisotopic (exact) mass is 420 g/mol. The average Bonchev–Trinajstić information content (AvgIpc) is 2.77. The second-order valence-corrected chi connectivity index (χ2v) is 9.92. The summed E-state index contributed by atoms with van der Waals surface area (Å²) < 4.78 is 46.2. The first-order valence-electron chi connectivity index (χ1n) is 10.1. The Kier molecular flexibility index (Phi) is 6.34. The maximum Gasteiger partial charge on any atom is 0.179 e. The number of fused-ring (bicyclic) bond motifs is 1. The summed E-state index contributed by atoms with van der Waals surface area (Å²) in [6.45, 7) is 3.97. The Hall–Kier alpha value is -1.92. The van der Waals surface area contributed by atoms with E-state index >= 15 is 0 Å². The molecule has 0 aromatic heterocycles. The van der Waals surface area contributed by atoms with Crippen molar-refractivity contribution in [2.24, 2.45) is 5.41 Å². The number of aliphatic hydroxyl groups is 1. The van der Waals surface area contributed by atoms with Gasteiger partial charge in [0.2, 0.25) is 0 Å². The molecular formula is C23H29FO4S. The molecule has 2 aromatic carbocycles. The highest BCUT2D eigenvalue weighted by atomic mass is 32.2. The topological polar surface area (TPSA) is 63.6 Å². The van der Waals surface area contributed by atoms with E-state index in [4.69, 9.17) is 4.74 Å². The van der Waals surface area contributed by atoms with Crippen LogP contribution in [0.2, 0.25) is 0 Å². The van der Waals surface area contributed by atoms with Crippen molar-refractivity contribution >= 4 is 9.84 Å². The lowest BCUT2D eigenvalue weighted by Gasteiger charge is -2.39. The smallest absolute Gasteiger partial charge is 0.179 e. The molecule has 1 heterocycles. The summed E-state index contributed by atoms with van der Waals surface area (Å²) >= 11 is 0. The van der Waals surface area contributed by atoms with Gasteiger partial charge in [-0.2, -0.15) is 0 Å². The van der Waals surface area contributed by atoms with Gasteiger partial charge in [-0.25, -0.2) is 12.8 Å². The van der Waals surface area contributed by atoms with E-state index < -0.39 is 33.1 Å². The Morgan fingerprint density at radius 3 is 2.59 bits per heavy atom. The third-order valence-electron chi connectivity index (χ3n) is 6.25. The summed E-state index contributed by atoms with van der Waals surface area (Å²) in [6.07, 6.45) is 1.86. The van der Waals surface area contributed by atoms with Crippen molar-refractivity contribution in [2.45, 2.75) is 56.4 Å². The summed E-state index contributed by atoms with van der Waals surface area (Å²) in [5.74, 6) is -0.695. The van der Waals surface area contributed by atoms with Gasteiger partial charge in [0.25, 0.3) is 0 Å². The summed E-state index contributed by atoms with van der Waals surface area (Å²) in [4.78, 5) is 0.193. The van der Waals surface area contributed by atoms with E-state index in [0.717, 1.165) is 12.8 Å². The molecule has 1 aliphatic rings. The van der Waals surface area contributed by atoms with Crippen molar-refractivity contribution in [1.29, 1.82) is 0 Å². The fourth-order valence-electron chi connectivity index (χ4n) is 4.54. The third kappa shape index (κ3) is 4.05. The Bertz CT molecular complexity index is 973. The van der Waals surface area contributed by atoms with Crippen LogP contribution in [0.25, 0.3) is 0 Å². The number of rotatable bonds is 6. The molecule has 0 radical (unpaired) electrons. The second kappa shape index (κ2) is 8.44. The van der Waals surface area contributed by atoms with Crippen LogP contribution >= 0.6 is 0 Å². The number of ether oxygens (including phenoxy) is 1. The highest BCUT2D eigenvalue weighted by Gasteiger charge is 2.49. The van der Waals surface area contributed by atoms with Crippen LogP contribution in [0.15, 0.2) is 47.4 Å². The van der Waals surface area contributed by atoms with Crippen LogP contribution in [0.4, 0.5) is 4.39 Å². The van der Waals surface area contributed by atoms with Crippen molar-refractivity contribution in [3.8, 4) is 5.75 Å². The van der Waals surface area contributed by atoms with Gasteiger partial charge in [-0.15, -0.1) is 0 Å². The summed E-state index contributed by atoms with van der Waals surface area (Å²) in [5.41, 5.74) is 0.227. The zero-order valence-corrected chi connectivity index (χ0v) is 18.0. The van der Waals surface area contributed by atoms with E-state index in [0.29, 0.717) is 29.7 Å². The predicted molar refractivity (Wildman–Crippen MR) is 112 cm³/mol. The fraction of sp³-hybridized carbons (Fsp3) is 0.478. The molecule has 29 heavy (non-hydrogen) atoms. The van der Waals surface area contributed by atoms with Gasteiger partial charge in [0.05, 0.1) is 23.9 Å². The first kappa shape index (κ1) is 21.8. The normalized spacial score (nSPS) is 25.8. The lowest BCUT2D eigenvalue weighted by Crippen LogP contribution is -2.42. The largest absolute Gasteiger partial charge is 0.497 e. The number of hydrogen-bond acceptors (Lipinski definition) is 4. The van der Waals surface area contributed by atoms with Gasteiger partial charge in [0.15, 0.2) is 9.84 Å². The number of unbranched alkanes of at least 4 members (excludes halogenated alkanes) is 1. The quantitative estimate of drug-likeness (QED) is 0.736. The number of aliphatic hydroxyl groups excluding tert-OH is 1. The molecule has 3 rings (SSSR count). The Labute approximate surface area is 172 Å². The van der Waals surface area contributed by atoms with E-state index in [9.17, 15) is 17.9 Å². The molecule has 1 N–H and O–H groups in total. The molecule has 3 atom stereocenters. The number of halogens is 1. The summed E-state index contributed by atoms with van der Waals surface area (Å²) in [6, 6.07) is 10.9. The van der Waals surface area contributed by atoms with Crippen LogP contribution in [0.3, 0.4) is 0 Å². The van der Waals surface area contributed by atoms with E-state index in [-0.39, 0.29) is 10.6 Å². The molecule has 0 amide bonds. The Morgan fingerprint density at radius 1 is 1.21 bits per heavy atom. The van der Waals surface area contributed by atoms with Gasteiger partial charge in [0, 0.05) is 11.3 Å². The molecule has 0 saturated heterocycles. The summed E-state index contributed by atoms with van der Waals surface area (Å²) in [7, 11) is -2.13. The molecule has 1 aliphatic heterocycles. The van der Waals surface area contributed by atoms with Crippen LogP contribution < -0.4 is 4.74 Å². The second-order valence-electron chi connectivity index (χ2n) is 7.96. The standard InChI is InChI=1S/C23H29FO4S/c1-4-6-12-23(5-2)15-29(26,27)20-11-10-18(28-3)14-19(20)21(22(23)25)16-8-7-9-17(24)13-16/h7-11,13-14,21-22,25H,4-6,12,15H2,1-3H3/t21-,22?,23+/m0/s1. The Morgan fingerprint density at radius 2 is 1.97 bits per heavy atom. The van der Waals surface area contributed by atoms with Gasteiger partial charge >= 0.3 is 0 Å². The van der Waals surface area contributed by atoms with Gasteiger partial charge < -0.3 is 9.84 Å². The van der Waals surface area contributed by atoms with E-state index in [2.05, 4.69) is 0 Å². The minimum atomic E-state index is -3.65.